The number of hydrogen-bond acceptors (Lipinski definition) is 8. The number of nitrogens with zero attached hydrogens (tertiary/aromatic N) is 5. The fourth-order valence-electron chi connectivity index (χ4n) is 4.01. The second kappa shape index (κ2) is 9.34. The van der Waals surface area contributed by atoms with Gasteiger partial charge in [0.05, 0.1) is 19.0 Å². The van der Waals surface area contributed by atoms with Gasteiger partial charge >= 0.3 is 0 Å². The summed E-state index contributed by atoms with van der Waals surface area (Å²) >= 11 is 7.58. The molecule has 3 aliphatic heterocycles. The van der Waals surface area contributed by atoms with Gasteiger partial charge in [-0.2, -0.15) is 0 Å². The largest absolute Gasteiger partial charge is 0.354 e. The van der Waals surface area contributed by atoms with Crippen molar-refractivity contribution in [3.63, 3.8) is 0 Å². The number of carbonyl (C=O) groups is 1. The Labute approximate surface area is 180 Å². The number of piperazine rings is 1. The second-order valence-electron chi connectivity index (χ2n) is 7.53. The van der Waals surface area contributed by atoms with Crippen molar-refractivity contribution < 1.29 is 14.3 Å². The van der Waals surface area contributed by atoms with Crippen LogP contribution in [-0.4, -0.2) is 96.2 Å². The number of rotatable bonds is 5. The zero-order valence-electron chi connectivity index (χ0n) is 16.8. The maximum atomic E-state index is 12.6. The molecule has 1 aromatic heterocycles. The van der Waals surface area contributed by atoms with E-state index in [0.717, 1.165) is 51.4 Å². The Bertz CT molecular complexity index is 716. The summed E-state index contributed by atoms with van der Waals surface area (Å²) in [7, 11) is 0. The van der Waals surface area contributed by atoms with Crippen LogP contribution in [0.5, 0.6) is 0 Å². The van der Waals surface area contributed by atoms with Gasteiger partial charge in [0.15, 0.2) is 10.9 Å². The molecule has 0 radical (unpaired) electrons. The number of aromatic nitrogens is 2. The van der Waals surface area contributed by atoms with Crippen molar-refractivity contribution in [2.45, 2.75) is 30.7 Å². The van der Waals surface area contributed by atoms with E-state index in [0.29, 0.717) is 42.4 Å². The average Bonchev–Trinajstić information content (AvgIpc) is 3.20. The van der Waals surface area contributed by atoms with Crippen LogP contribution in [0.4, 0.5) is 5.82 Å². The van der Waals surface area contributed by atoms with E-state index >= 15 is 0 Å². The third kappa shape index (κ3) is 5.14. The molecule has 0 N–H and O–H groups in total. The summed E-state index contributed by atoms with van der Waals surface area (Å²) in [5.74, 6) is 0.769. The highest BCUT2D eigenvalue weighted by atomic mass is 35.5. The molecule has 0 aliphatic carbocycles. The molecule has 4 rings (SSSR count). The van der Waals surface area contributed by atoms with Gasteiger partial charge in [-0.3, -0.25) is 4.79 Å². The molecule has 4 heterocycles. The van der Waals surface area contributed by atoms with Gasteiger partial charge in [-0.25, -0.2) is 9.97 Å². The number of amides is 1. The maximum absolute atomic E-state index is 12.6. The van der Waals surface area contributed by atoms with Crippen molar-refractivity contribution in [3.05, 3.63) is 11.2 Å². The van der Waals surface area contributed by atoms with Gasteiger partial charge in [-0.15, -0.1) is 0 Å². The predicted molar refractivity (Wildman–Crippen MR) is 113 cm³/mol. The number of thioether (sulfide) groups is 1. The van der Waals surface area contributed by atoms with Crippen LogP contribution in [0.15, 0.2) is 11.2 Å². The highest BCUT2D eigenvalue weighted by molar-refractivity contribution is 7.99. The van der Waals surface area contributed by atoms with Crippen LogP contribution in [0.2, 0.25) is 5.15 Å². The zero-order chi connectivity index (χ0) is 20.3. The molecule has 3 aliphatic rings. The molecule has 3 fully saturated rings. The molecule has 1 spiro atoms. The van der Waals surface area contributed by atoms with E-state index in [4.69, 9.17) is 21.1 Å². The number of hydrogen-bond donors (Lipinski definition) is 0. The fraction of sp³-hybridized carbons (Fsp3) is 0.737. The molecule has 0 bridgehead atoms. The third-order valence-corrected chi connectivity index (χ3v) is 6.85. The number of carbonyl (C=O) groups excluding carboxylic acids is 1. The number of likely N-dealkylation sites (tertiary alicyclic amines) is 1. The van der Waals surface area contributed by atoms with Crippen molar-refractivity contribution in [2.75, 3.05) is 69.7 Å². The third-order valence-electron chi connectivity index (χ3n) is 5.82. The zero-order valence-corrected chi connectivity index (χ0v) is 18.4. The van der Waals surface area contributed by atoms with Crippen LogP contribution < -0.4 is 4.90 Å². The lowest BCUT2D eigenvalue weighted by Gasteiger charge is -2.37. The summed E-state index contributed by atoms with van der Waals surface area (Å²) in [4.78, 5) is 28.1. The van der Waals surface area contributed by atoms with Crippen molar-refractivity contribution in [1.29, 1.82) is 0 Å². The summed E-state index contributed by atoms with van der Waals surface area (Å²) in [5.41, 5.74) is 0. The molecule has 0 aromatic carbocycles. The number of halogens is 1. The Morgan fingerprint density at radius 2 is 1.83 bits per heavy atom. The Hall–Kier alpha value is -1.13. The van der Waals surface area contributed by atoms with E-state index in [1.54, 1.807) is 6.07 Å². The molecule has 8 nitrogen and oxygen atoms in total. The van der Waals surface area contributed by atoms with E-state index < -0.39 is 5.79 Å². The molecule has 0 atom stereocenters. The maximum Gasteiger partial charge on any atom is 0.233 e. The van der Waals surface area contributed by atoms with Crippen LogP contribution in [0.3, 0.4) is 0 Å². The monoisotopic (exact) mass is 441 g/mol. The molecule has 10 heteroatoms. The van der Waals surface area contributed by atoms with E-state index in [1.165, 1.54) is 11.8 Å². The summed E-state index contributed by atoms with van der Waals surface area (Å²) in [5, 5.41) is 0.966. The van der Waals surface area contributed by atoms with E-state index in [-0.39, 0.29) is 5.91 Å². The fourth-order valence-corrected chi connectivity index (χ4v) is 4.99. The van der Waals surface area contributed by atoms with Crippen molar-refractivity contribution in [3.8, 4) is 0 Å². The van der Waals surface area contributed by atoms with Crippen LogP contribution >= 0.6 is 23.4 Å². The van der Waals surface area contributed by atoms with Crippen molar-refractivity contribution in [2.24, 2.45) is 0 Å². The van der Waals surface area contributed by atoms with Crippen LogP contribution in [-0.2, 0) is 14.3 Å². The first kappa shape index (κ1) is 21.1. The van der Waals surface area contributed by atoms with Gasteiger partial charge < -0.3 is 24.2 Å². The highest BCUT2D eigenvalue weighted by Crippen LogP contribution is 2.31. The minimum atomic E-state index is -0.462. The average molecular weight is 442 g/mol. The first-order chi connectivity index (χ1) is 14.1. The smallest absolute Gasteiger partial charge is 0.233 e. The summed E-state index contributed by atoms with van der Waals surface area (Å²) < 4.78 is 11.5. The van der Waals surface area contributed by atoms with E-state index in [1.807, 2.05) is 4.90 Å². The SMILES string of the molecule is CCN1CCN(c2cc(Cl)nc(SCC(=O)N3CCC4(CC3)OCCO4)n2)CC1. The topological polar surface area (TPSA) is 71.0 Å². The van der Waals surface area contributed by atoms with Gasteiger partial charge in [0.2, 0.25) is 5.91 Å². The molecule has 160 valence electrons. The summed E-state index contributed by atoms with van der Waals surface area (Å²) in [6.45, 7) is 9.72. The van der Waals surface area contributed by atoms with Gasteiger partial charge in [0.25, 0.3) is 0 Å². The Morgan fingerprint density at radius 1 is 1.14 bits per heavy atom. The molecular formula is C19H28ClN5O3S. The summed E-state index contributed by atoms with van der Waals surface area (Å²) in [6, 6.07) is 1.81. The number of piperidine rings is 1. The van der Waals surface area contributed by atoms with Crippen LogP contribution in [0.25, 0.3) is 0 Å². The first-order valence-corrected chi connectivity index (χ1v) is 11.6. The van der Waals surface area contributed by atoms with Crippen molar-refractivity contribution in [1.82, 2.24) is 19.8 Å². The number of anilines is 1. The Morgan fingerprint density at radius 3 is 2.48 bits per heavy atom. The molecule has 1 amide bonds. The van der Waals surface area contributed by atoms with Gasteiger partial charge in [0.1, 0.15) is 11.0 Å². The van der Waals surface area contributed by atoms with E-state index in [2.05, 4.69) is 26.7 Å². The predicted octanol–water partition coefficient (Wildman–Crippen LogP) is 1.73. The van der Waals surface area contributed by atoms with Crippen molar-refractivity contribution >= 4 is 35.1 Å². The normalized spacial score (nSPS) is 22.4. The minimum Gasteiger partial charge on any atom is -0.354 e. The number of ether oxygens (including phenoxy) is 2. The lowest BCUT2D eigenvalue weighted by atomic mass is 10.0. The minimum absolute atomic E-state index is 0.0875. The van der Waals surface area contributed by atoms with Crippen LogP contribution in [0.1, 0.15) is 19.8 Å². The first-order valence-electron chi connectivity index (χ1n) is 10.3. The quantitative estimate of drug-likeness (QED) is 0.388. The standard InChI is InChI=1S/C19H28ClN5O3S/c1-2-23-7-9-24(10-8-23)16-13-15(20)21-18(22-16)29-14-17(26)25-5-3-19(4-6-25)27-11-12-28-19/h13H,2-12,14H2,1H3. The molecule has 1 aromatic rings. The Kier molecular flexibility index (Phi) is 6.80. The molecular weight excluding hydrogens is 414 g/mol. The molecule has 0 saturated carbocycles. The van der Waals surface area contributed by atoms with Gasteiger partial charge in [-0.05, 0) is 6.54 Å². The van der Waals surface area contributed by atoms with Gasteiger partial charge in [0, 0.05) is 58.2 Å². The lowest BCUT2D eigenvalue weighted by Crippen LogP contribution is -2.47. The van der Waals surface area contributed by atoms with Gasteiger partial charge in [-0.1, -0.05) is 30.3 Å². The summed E-state index contributed by atoms with van der Waals surface area (Å²) in [6.07, 6.45) is 1.45. The van der Waals surface area contributed by atoms with Crippen LogP contribution in [0, 0.1) is 0 Å². The Balaban J connectivity index is 1.30. The van der Waals surface area contributed by atoms with E-state index in [9.17, 15) is 4.79 Å². The molecule has 29 heavy (non-hydrogen) atoms. The lowest BCUT2D eigenvalue weighted by molar-refractivity contribution is -0.186. The number of likely N-dealkylation sites (N-methyl/N-ethyl adjacent to an activating group) is 1. The molecule has 3 saturated heterocycles. The highest BCUT2D eigenvalue weighted by Gasteiger charge is 2.40. The molecule has 0 unspecified atom stereocenters. The second-order valence-corrected chi connectivity index (χ2v) is 8.86.